The minimum absolute atomic E-state index is 0.0829. The number of anilines is 1. The van der Waals surface area contributed by atoms with E-state index in [4.69, 9.17) is 18.9 Å². The van der Waals surface area contributed by atoms with E-state index in [1.807, 2.05) is 0 Å². The van der Waals surface area contributed by atoms with Crippen LogP contribution in [0.4, 0.5) is 11.4 Å². The van der Waals surface area contributed by atoms with Gasteiger partial charge in [-0.3, -0.25) is 14.9 Å². The highest BCUT2D eigenvalue weighted by molar-refractivity contribution is 5.99. The number of nitro benzene ring substituents is 1. The van der Waals surface area contributed by atoms with E-state index in [0.29, 0.717) is 11.4 Å². The Labute approximate surface area is 166 Å². The molecule has 2 aromatic rings. The number of nitro groups is 1. The molecule has 0 radical (unpaired) electrons. The molecule has 0 saturated heterocycles. The molecule has 0 bridgehead atoms. The van der Waals surface area contributed by atoms with E-state index in [0.717, 1.165) is 12.1 Å². The number of carbonyl (C=O) groups excluding carboxylic acids is 2. The van der Waals surface area contributed by atoms with Crippen molar-refractivity contribution in [1.29, 1.82) is 0 Å². The van der Waals surface area contributed by atoms with Gasteiger partial charge in [-0.2, -0.15) is 0 Å². The number of carbonyl (C=O) groups is 2. The van der Waals surface area contributed by atoms with Crippen molar-refractivity contribution in [2.75, 3.05) is 26.6 Å². The standard InChI is InChI=1S/C19H20N2O8/c1-11(18(22)20-12-6-5-7-13(8-12)26-2)29-19(23)14-9-16(27-3)17(28-4)10-15(14)21(24)25/h5-11H,1-4H3,(H,20,22)/t11-/m0/s1. The molecule has 154 valence electrons. The topological polar surface area (TPSA) is 126 Å². The molecule has 0 aliphatic carbocycles. The number of hydrogen-bond donors (Lipinski definition) is 1. The number of methoxy groups -OCH3 is 3. The van der Waals surface area contributed by atoms with Crippen LogP contribution in [0.25, 0.3) is 0 Å². The molecule has 0 aromatic heterocycles. The molecule has 1 atom stereocenters. The maximum absolute atomic E-state index is 12.5. The van der Waals surface area contributed by atoms with Crippen molar-refractivity contribution >= 4 is 23.3 Å². The number of nitrogens with zero attached hydrogens (tertiary/aromatic N) is 1. The average molecular weight is 404 g/mol. The van der Waals surface area contributed by atoms with Gasteiger partial charge >= 0.3 is 5.97 Å². The van der Waals surface area contributed by atoms with Crippen LogP contribution in [0.3, 0.4) is 0 Å². The zero-order valence-electron chi connectivity index (χ0n) is 16.3. The smallest absolute Gasteiger partial charge is 0.346 e. The van der Waals surface area contributed by atoms with Crippen molar-refractivity contribution in [3.05, 3.63) is 52.1 Å². The summed E-state index contributed by atoms with van der Waals surface area (Å²) in [5, 5.41) is 13.9. The summed E-state index contributed by atoms with van der Waals surface area (Å²) in [5.74, 6) is -0.938. The highest BCUT2D eigenvalue weighted by Crippen LogP contribution is 2.35. The van der Waals surface area contributed by atoms with E-state index in [9.17, 15) is 19.7 Å². The van der Waals surface area contributed by atoms with Gasteiger partial charge in [0.15, 0.2) is 17.6 Å². The second-order valence-electron chi connectivity index (χ2n) is 5.75. The third-order valence-electron chi connectivity index (χ3n) is 3.91. The molecule has 0 heterocycles. The van der Waals surface area contributed by atoms with Gasteiger partial charge < -0.3 is 24.3 Å². The molecule has 0 fully saturated rings. The highest BCUT2D eigenvalue weighted by atomic mass is 16.6. The molecular formula is C19H20N2O8. The second-order valence-corrected chi connectivity index (χ2v) is 5.75. The van der Waals surface area contributed by atoms with Crippen LogP contribution in [0.2, 0.25) is 0 Å². The van der Waals surface area contributed by atoms with Gasteiger partial charge in [-0.15, -0.1) is 0 Å². The lowest BCUT2D eigenvalue weighted by Gasteiger charge is -2.15. The summed E-state index contributed by atoms with van der Waals surface area (Å²) in [6.07, 6.45) is -1.22. The van der Waals surface area contributed by atoms with Crippen molar-refractivity contribution in [2.24, 2.45) is 0 Å². The lowest BCUT2D eigenvalue weighted by molar-refractivity contribution is -0.385. The Kier molecular flexibility index (Phi) is 6.96. The fourth-order valence-corrected chi connectivity index (χ4v) is 2.41. The Morgan fingerprint density at radius 3 is 2.28 bits per heavy atom. The largest absolute Gasteiger partial charge is 0.497 e. The first kappa shape index (κ1) is 21.5. The van der Waals surface area contributed by atoms with Crippen molar-refractivity contribution < 1.29 is 33.5 Å². The van der Waals surface area contributed by atoms with Gasteiger partial charge in [0.05, 0.1) is 32.3 Å². The maximum Gasteiger partial charge on any atom is 0.346 e. The average Bonchev–Trinajstić information content (AvgIpc) is 2.72. The number of hydrogen-bond acceptors (Lipinski definition) is 8. The van der Waals surface area contributed by atoms with Crippen LogP contribution in [-0.4, -0.2) is 44.2 Å². The van der Waals surface area contributed by atoms with Crippen molar-refractivity contribution in [1.82, 2.24) is 0 Å². The first-order chi connectivity index (χ1) is 13.8. The van der Waals surface area contributed by atoms with Crippen LogP contribution < -0.4 is 19.5 Å². The summed E-state index contributed by atoms with van der Waals surface area (Å²) in [6.45, 7) is 1.35. The van der Waals surface area contributed by atoms with Crippen molar-refractivity contribution in [3.8, 4) is 17.2 Å². The van der Waals surface area contributed by atoms with Crippen LogP contribution >= 0.6 is 0 Å². The third-order valence-corrected chi connectivity index (χ3v) is 3.91. The number of nitrogens with one attached hydrogen (secondary N) is 1. The predicted octanol–water partition coefficient (Wildman–Crippen LogP) is 2.80. The van der Waals surface area contributed by atoms with E-state index in [1.54, 1.807) is 24.3 Å². The molecule has 1 amide bonds. The molecule has 0 unspecified atom stereocenters. The summed E-state index contributed by atoms with van der Waals surface area (Å²) in [7, 11) is 4.12. The Bertz CT molecular complexity index is 928. The number of amides is 1. The van der Waals surface area contributed by atoms with E-state index in [-0.39, 0.29) is 17.1 Å². The third kappa shape index (κ3) is 5.12. The Hall–Kier alpha value is -3.82. The van der Waals surface area contributed by atoms with Crippen molar-refractivity contribution in [2.45, 2.75) is 13.0 Å². The van der Waals surface area contributed by atoms with Gasteiger partial charge in [0.1, 0.15) is 11.3 Å². The maximum atomic E-state index is 12.5. The number of benzene rings is 2. The molecule has 10 heteroatoms. The molecule has 2 rings (SSSR count). The van der Waals surface area contributed by atoms with Crippen LogP contribution in [0.15, 0.2) is 36.4 Å². The van der Waals surface area contributed by atoms with Gasteiger partial charge in [-0.1, -0.05) is 6.07 Å². The number of esters is 1. The molecule has 0 aliphatic rings. The SMILES string of the molecule is COc1cccc(NC(=O)[C@H](C)OC(=O)c2cc(OC)c(OC)cc2[N+](=O)[O-])c1. The summed E-state index contributed by atoms with van der Waals surface area (Å²) >= 11 is 0. The summed E-state index contributed by atoms with van der Waals surface area (Å²) in [6, 6.07) is 8.79. The first-order valence-corrected chi connectivity index (χ1v) is 8.37. The Morgan fingerprint density at radius 1 is 1.03 bits per heavy atom. The van der Waals surface area contributed by atoms with Gasteiger partial charge in [-0.05, 0) is 19.1 Å². The molecule has 2 aromatic carbocycles. The zero-order valence-corrected chi connectivity index (χ0v) is 16.3. The van der Waals surface area contributed by atoms with E-state index in [1.165, 1.54) is 28.3 Å². The second kappa shape index (κ2) is 9.40. The van der Waals surface area contributed by atoms with Crippen LogP contribution in [-0.2, 0) is 9.53 Å². The monoisotopic (exact) mass is 404 g/mol. The molecule has 10 nitrogen and oxygen atoms in total. The van der Waals surface area contributed by atoms with Gasteiger partial charge in [0.25, 0.3) is 11.6 Å². The molecular weight excluding hydrogens is 384 g/mol. The fraction of sp³-hybridized carbons (Fsp3) is 0.263. The normalized spacial score (nSPS) is 11.2. The minimum atomic E-state index is -1.22. The quantitative estimate of drug-likeness (QED) is 0.404. The van der Waals surface area contributed by atoms with E-state index < -0.39 is 28.6 Å². The molecule has 0 aliphatic heterocycles. The lowest BCUT2D eigenvalue weighted by Crippen LogP contribution is -2.30. The van der Waals surface area contributed by atoms with Crippen LogP contribution in [0, 0.1) is 10.1 Å². The predicted molar refractivity (Wildman–Crippen MR) is 103 cm³/mol. The minimum Gasteiger partial charge on any atom is -0.497 e. The van der Waals surface area contributed by atoms with Gasteiger partial charge in [-0.25, -0.2) is 4.79 Å². The fourth-order valence-electron chi connectivity index (χ4n) is 2.41. The van der Waals surface area contributed by atoms with Crippen LogP contribution in [0.5, 0.6) is 17.2 Å². The summed E-state index contributed by atoms with van der Waals surface area (Å²) in [4.78, 5) is 35.4. The highest BCUT2D eigenvalue weighted by Gasteiger charge is 2.28. The molecule has 0 spiro atoms. The Balaban J connectivity index is 2.19. The summed E-state index contributed by atoms with van der Waals surface area (Å²) in [5.41, 5.74) is -0.462. The Morgan fingerprint density at radius 2 is 1.69 bits per heavy atom. The lowest BCUT2D eigenvalue weighted by atomic mass is 10.1. The molecule has 1 N–H and O–H groups in total. The van der Waals surface area contributed by atoms with Crippen molar-refractivity contribution in [3.63, 3.8) is 0 Å². The van der Waals surface area contributed by atoms with Gasteiger partial charge in [0.2, 0.25) is 0 Å². The number of ether oxygens (including phenoxy) is 4. The van der Waals surface area contributed by atoms with E-state index in [2.05, 4.69) is 5.32 Å². The molecule has 29 heavy (non-hydrogen) atoms. The first-order valence-electron chi connectivity index (χ1n) is 8.37. The van der Waals surface area contributed by atoms with Crippen LogP contribution in [0.1, 0.15) is 17.3 Å². The number of rotatable bonds is 8. The zero-order chi connectivity index (χ0) is 21.6. The summed E-state index contributed by atoms with van der Waals surface area (Å²) < 4.78 is 20.3. The van der Waals surface area contributed by atoms with E-state index >= 15 is 0 Å². The molecule has 0 saturated carbocycles. The van der Waals surface area contributed by atoms with Gasteiger partial charge in [0, 0.05) is 17.8 Å².